The predicted octanol–water partition coefficient (Wildman–Crippen LogP) is 2.17. The summed E-state index contributed by atoms with van der Waals surface area (Å²) in [5.41, 5.74) is 6.99. The third-order valence-electron chi connectivity index (χ3n) is 5.17. The fraction of sp³-hybridized carbons (Fsp3) is 0.217. The van der Waals surface area contributed by atoms with E-state index in [2.05, 4.69) is 26.4 Å². The van der Waals surface area contributed by atoms with Crippen LogP contribution in [0.5, 0.6) is 0 Å². The molecule has 1 fully saturated rings. The zero-order chi connectivity index (χ0) is 26.4. The zero-order valence-electron chi connectivity index (χ0n) is 19.3. The normalized spacial score (nSPS) is 19.4. The van der Waals surface area contributed by atoms with Crippen LogP contribution in [0.15, 0.2) is 64.8 Å². The highest BCUT2D eigenvalue weighted by Gasteiger charge is 2.54. The van der Waals surface area contributed by atoms with E-state index in [4.69, 9.17) is 10.6 Å². The van der Waals surface area contributed by atoms with E-state index in [1.54, 1.807) is 0 Å². The summed E-state index contributed by atoms with van der Waals surface area (Å²) in [7, 11) is 0. The molecule has 37 heavy (non-hydrogen) atoms. The number of hydrogen-bond donors (Lipinski definition) is 3. The number of carbonyl (C=O) groups excluding carboxylic acids is 2. The van der Waals surface area contributed by atoms with E-state index in [0.717, 1.165) is 17.1 Å². The van der Waals surface area contributed by atoms with E-state index in [1.807, 2.05) is 41.8 Å². The Hall–Kier alpha value is -3.62. The van der Waals surface area contributed by atoms with E-state index in [-0.39, 0.29) is 29.0 Å². The maximum Gasteiger partial charge on any atom is 0.352 e. The summed E-state index contributed by atoms with van der Waals surface area (Å²) in [5, 5.41) is 17.7. The third-order valence-corrected chi connectivity index (χ3v) is 7.89. The lowest BCUT2D eigenvalue weighted by Gasteiger charge is -2.49. The van der Waals surface area contributed by atoms with Gasteiger partial charge in [-0.3, -0.25) is 14.5 Å². The number of carboxylic acids is 1. The number of carbonyl (C=O) groups is 3. The van der Waals surface area contributed by atoms with E-state index >= 15 is 0 Å². The lowest BCUT2D eigenvalue weighted by atomic mass is 10.0. The van der Waals surface area contributed by atoms with E-state index in [9.17, 15) is 19.5 Å². The van der Waals surface area contributed by atoms with Gasteiger partial charge in [0.15, 0.2) is 5.13 Å². The molecule has 2 aliphatic rings. The van der Waals surface area contributed by atoms with Gasteiger partial charge in [-0.2, -0.15) is 9.36 Å². The Balaban J connectivity index is 1.45. The monoisotopic (exact) mass is 558 g/mol. The van der Waals surface area contributed by atoms with Crippen molar-refractivity contribution in [2.24, 2.45) is 5.16 Å². The highest BCUT2D eigenvalue weighted by molar-refractivity contribution is 8.02. The number of aliphatic carboxylic acids is 1. The molecule has 2 aliphatic heterocycles. The minimum atomic E-state index is -1.19. The molecule has 2 amide bonds. The number of benzene rings is 1. The Morgan fingerprint density at radius 2 is 2.16 bits per heavy atom. The summed E-state index contributed by atoms with van der Waals surface area (Å²) < 4.78 is 3.98. The molecular weight excluding hydrogens is 536 g/mol. The average molecular weight is 559 g/mol. The van der Waals surface area contributed by atoms with Crippen LogP contribution in [-0.4, -0.2) is 72.4 Å². The van der Waals surface area contributed by atoms with Gasteiger partial charge in [0.2, 0.25) is 11.5 Å². The number of oxime groups is 1. The van der Waals surface area contributed by atoms with Gasteiger partial charge in [-0.25, -0.2) is 4.79 Å². The summed E-state index contributed by atoms with van der Waals surface area (Å²) in [6, 6.07) is 8.79. The van der Waals surface area contributed by atoms with Crippen molar-refractivity contribution in [2.75, 3.05) is 23.8 Å². The Labute approximate surface area is 224 Å². The third kappa shape index (κ3) is 6.03. The molecule has 1 saturated heterocycles. The molecule has 0 radical (unpaired) electrons. The van der Waals surface area contributed by atoms with Crippen LogP contribution < -0.4 is 11.1 Å². The van der Waals surface area contributed by atoms with Crippen molar-refractivity contribution >= 4 is 69.8 Å². The predicted molar refractivity (Wildman–Crippen MR) is 145 cm³/mol. The van der Waals surface area contributed by atoms with Gasteiger partial charge < -0.3 is 21.0 Å². The van der Waals surface area contributed by atoms with Crippen LogP contribution in [0.3, 0.4) is 0 Å². The Morgan fingerprint density at radius 1 is 1.38 bits per heavy atom. The van der Waals surface area contributed by atoms with Crippen molar-refractivity contribution < 1.29 is 24.3 Å². The lowest BCUT2D eigenvalue weighted by Crippen LogP contribution is -2.71. The molecule has 11 nitrogen and oxygen atoms in total. The Bertz CT molecular complexity index is 1290. The first-order valence-corrected chi connectivity index (χ1v) is 13.7. The van der Waals surface area contributed by atoms with Gasteiger partial charge >= 0.3 is 5.97 Å². The molecule has 4 N–H and O–H groups in total. The second-order valence-electron chi connectivity index (χ2n) is 7.62. The molecule has 0 aliphatic carbocycles. The maximum atomic E-state index is 13.0. The summed E-state index contributed by atoms with van der Waals surface area (Å²) in [5.74, 6) is -1.68. The van der Waals surface area contributed by atoms with Crippen molar-refractivity contribution in [1.82, 2.24) is 19.6 Å². The van der Waals surface area contributed by atoms with Gasteiger partial charge in [0.05, 0.1) is 0 Å². The number of anilines is 1. The zero-order valence-corrected chi connectivity index (χ0v) is 21.7. The van der Waals surface area contributed by atoms with Crippen molar-refractivity contribution in [3.63, 3.8) is 0 Å². The minimum absolute atomic E-state index is 0.0408. The summed E-state index contributed by atoms with van der Waals surface area (Å²) in [6.07, 6.45) is 3.38. The molecule has 0 spiro atoms. The van der Waals surface area contributed by atoms with E-state index in [1.165, 1.54) is 34.5 Å². The van der Waals surface area contributed by atoms with Crippen LogP contribution >= 0.6 is 35.1 Å². The van der Waals surface area contributed by atoms with Gasteiger partial charge in [-0.1, -0.05) is 48.1 Å². The average Bonchev–Trinajstić information content (AvgIpc) is 3.33. The molecule has 2 atom stereocenters. The molecule has 1 aromatic heterocycles. The van der Waals surface area contributed by atoms with Crippen molar-refractivity contribution in [2.45, 2.75) is 11.4 Å². The van der Waals surface area contributed by atoms with Gasteiger partial charge in [-0.15, -0.1) is 23.5 Å². The highest BCUT2D eigenvalue weighted by atomic mass is 32.2. The standard InChI is InChI=1S/C23H22N6O5S3/c1-2-9-34-27-15(18-26-23(24)37-28-18)19(30)25-16-20(31)29-17(22(32)33)14(12-36-21(16)29)11-35-10-8-13-6-4-3-5-7-13/h2-8,10,16,21H,1,9,11-12H2,(H,25,30)(H,32,33)(H2,24,26,28)/b10-8-,27-15?/t16?,21-/m1/s1. The Kier molecular flexibility index (Phi) is 8.63. The number of carboxylic acid groups (broad SMARTS) is 1. The molecule has 3 heterocycles. The molecule has 1 aromatic carbocycles. The number of nitrogens with two attached hydrogens (primary N) is 1. The van der Waals surface area contributed by atoms with Crippen LogP contribution in [0.25, 0.3) is 6.08 Å². The summed E-state index contributed by atoms with van der Waals surface area (Å²) >= 11 is 3.71. The topological polar surface area (TPSA) is 160 Å². The Morgan fingerprint density at radius 3 is 2.84 bits per heavy atom. The summed E-state index contributed by atoms with van der Waals surface area (Å²) in [4.78, 5) is 48.2. The number of nitrogen functional groups attached to an aromatic ring is 1. The molecule has 1 unspecified atom stereocenters. The van der Waals surface area contributed by atoms with Crippen LogP contribution in [0.4, 0.5) is 5.13 Å². The lowest BCUT2D eigenvalue weighted by molar-refractivity contribution is -0.150. The number of β-lactam (4-membered cyclic amide) rings is 1. The van der Waals surface area contributed by atoms with Crippen molar-refractivity contribution in [1.29, 1.82) is 0 Å². The van der Waals surface area contributed by atoms with Gasteiger partial charge in [0.1, 0.15) is 23.7 Å². The largest absolute Gasteiger partial charge is 0.477 e. The van der Waals surface area contributed by atoms with Crippen LogP contribution in [0.2, 0.25) is 0 Å². The molecule has 192 valence electrons. The van der Waals surface area contributed by atoms with E-state index in [0.29, 0.717) is 17.1 Å². The van der Waals surface area contributed by atoms with Crippen molar-refractivity contribution in [3.8, 4) is 0 Å². The van der Waals surface area contributed by atoms with Gasteiger partial charge in [-0.05, 0) is 22.6 Å². The number of amides is 2. The van der Waals surface area contributed by atoms with E-state index < -0.39 is 29.2 Å². The molecule has 4 rings (SSSR count). The second-order valence-corrected chi connectivity index (χ2v) is 10.4. The van der Waals surface area contributed by atoms with Crippen LogP contribution in [0.1, 0.15) is 11.4 Å². The number of fused-ring (bicyclic) bond motifs is 1. The maximum absolute atomic E-state index is 13.0. The highest BCUT2D eigenvalue weighted by Crippen LogP contribution is 2.41. The first-order valence-electron chi connectivity index (χ1n) is 10.8. The molecule has 14 heteroatoms. The first kappa shape index (κ1) is 26.4. The van der Waals surface area contributed by atoms with Crippen molar-refractivity contribution in [3.05, 3.63) is 71.1 Å². The smallest absolute Gasteiger partial charge is 0.352 e. The first-order chi connectivity index (χ1) is 17.9. The second kappa shape index (κ2) is 12.1. The quantitative estimate of drug-likeness (QED) is 0.123. The number of nitrogens with zero attached hydrogens (tertiary/aromatic N) is 4. The fourth-order valence-corrected chi connectivity index (χ4v) is 6.21. The number of aromatic nitrogens is 2. The number of nitrogens with one attached hydrogen (secondary N) is 1. The van der Waals surface area contributed by atoms with Gasteiger partial charge in [0.25, 0.3) is 11.8 Å². The number of rotatable bonds is 11. The number of hydrogen-bond acceptors (Lipinski definition) is 11. The van der Waals surface area contributed by atoms with Crippen LogP contribution in [-0.2, 0) is 19.2 Å². The minimum Gasteiger partial charge on any atom is -0.477 e. The molecular formula is C23H22N6O5S3. The van der Waals surface area contributed by atoms with Crippen LogP contribution in [0, 0.1) is 0 Å². The molecule has 0 saturated carbocycles. The fourth-order valence-electron chi connectivity index (χ4n) is 3.51. The molecule has 0 bridgehead atoms. The molecule has 2 aromatic rings. The number of thioether (sulfide) groups is 2. The summed E-state index contributed by atoms with van der Waals surface area (Å²) in [6.45, 7) is 3.56. The van der Waals surface area contributed by atoms with Gasteiger partial charge in [0, 0.05) is 23.0 Å². The SMILES string of the molecule is C=CCON=C(C(=O)NC1C(=O)N2C(C(=O)O)=C(CS/C=C\c3ccccc3)CS[C@H]12)c1nsc(N)n1.